The number of ether oxygens (including phenoxy) is 1. The number of anilines is 4. The van der Waals surface area contributed by atoms with Gasteiger partial charge in [-0.3, -0.25) is 9.59 Å². The van der Waals surface area contributed by atoms with Gasteiger partial charge in [-0.25, -0.2) is 4.98 Å². The summed E-state index contributed by atoms with van der Waals surface area (Å²) in [6, 6.07) is 5.11. The van der Waals surface area contributed by atoms with E-state index in [1.807, 2.05) is 0 Å². The number of nitrogens with one attached hydrogen (secondary N) is 2. The third-order valence-corrected chi connectivity index (χ3v) is 8.82. The van der Waals surface area contributed by atoms with Gasteiger partial charge in [0.1, 0.15) is 11.4 Å². The van der Waals surface area contributed by atoms with E-state index in [1.165, 1.54) is 20.4 Å². The zero-order valence-electron chi connectivity index (χ0n) is 22.8. The Morgan fingerprint density at radius 3 is 2.58 bits per heavy atom. The van der Waals surface area contributed by atoms with Crippen LogP contribution >= 0.6 is 0 Å². The molecule has 7 rings (SSSR count). The van der Waals surface area contributed by atoms with E-state index >= 15 is 0 Å². The number of amides is 2. The number of nitrogens with zero attached hydrogens (tertiary/aromatic N) is 5. The summed E-state index contributed by atoms with van der Waals surface area (Å²) >= 11 is 0. The SMILES string of the molecule is COc1cc(C(=O)N[C@H]2CN3CCC2CC3)ccc1Nc1ncc2c(n1)N(C1CCCC1)CC(F)(F)C(=O)N2C. The molecule has 1 aromatic heterocycles. The Kier molecular flexibility index (Phi) is 6.97. The summed E-state index contributed by atoms with van der Waals surface area (Å²) in [6.07, 6.45) is 7.02. The molecule has 2 bridgehead atoms. The average molecular weight is 556 g/mol. The molecular weight excluding hydrogens is 520 g/mol. The summed E-state index contributed by atoms with van der Waals surface area (Å²) in [7, 11) is 2.84. The van der Waals surface area contributed by atoms with Gasteiger partial charge in [0.25, 0.3) is 11.8 Å². The molecule has 1 atom stereocenters. The van der Waals surface area contributed by atoms with Crippen molar-refractivity contribution >= 4 is 35.0 Å². The van der Waals surface area contributed by atoms with Crippen LogP contribution in [-0.4, -0.2) is 85.0 Å². The second-order valence-corrected chi connectivity index (χ2v) is 11.3. The van der Waals surface area contributed by atoms with Crippen molar-refractivity contribution in [3.05, 3.63) is 30.0 Å². The van der Waals surface area contributed by atoms with Gasteiger partial charge in [0.05, 0.1) is 25.5 Å². The summed E-state index contributed by atoms with van der Waals surface area (Å²) in [6.45, 7) is 2.36. The summed E-state index contributed by atoms with van der Waals surface area (Å²) in [5.41, 5.74) is 1.25. The molecule has 1 saturated carbocycles. The van der Waals surface area contributed by atoms with Crippen LogP contribution < -0.4 is 25.2 Å². The van der Waals surface area contributed by atoms with Crippen LogP contribution in [0.15, 0.2) is 24.4 Å². The lowest BCUT2D eigenvalue weighted by atomic mass is 9.84. The van der Waals surface area contributed by atoms with Crippen molar-refractivity contribution in [1.29, 1.82) is 0 Å². The number of hydrogen-bond acceptors (Lipinski definition) is 8. The topological polar surface area (TPSA) is 103 Å². The number of benzene rings is 1. The minimum absolute atomic E-state index is 0.129. The van der Waals surface area contributed by atoms with Crippen molar-refractivity contribution in [2.24, 2.45) is 5.92 Å². The van der Waals surface area contributed by atoms with Gasteiger partial charge in [0.15, 0.2) is 5.82 Å². The molecule has 0 radical (unpaired) electrons. The molecule has 2 aromatic rings. The lowest BCUT2D eigenvalue weighted by molar-refractivity contribution is -0.140. The highest BCUT2D eigenvalue weighted by molar-refractivity contribution is 6.02. The van der Waals surface area contributed by atoms with E-state index in [-0.39, 0.29) is 29.6 Å². The molecular formula is C28H35F2N7O3. The van der Waals surface area contributed by atoms with E-state index in [9.17, 15) is 18.4 Å². The van der Waals surface area contributed by atoms with Gasteiger partial charge < -0.3 is 30.1 Å². The second-order valence-electron chi connectivity index (χ2n) is 11.3. The van der Waals surface area contributed by atoms with Gasteiger partial charge in [0.2, 0.25) is 5.95 Å². The van der Waals surface area contributed by atoms with Gasteiger partial charge in [-0.15, -0.1) is 0 Å². The molecule has 1 aromatic carbocycles. The summed E-state index contributed by atoms with van der Waals surface area (Å²) in [4.78, 5) is 39.4. The van der Waals surface area contributed by atoms with Crippen LogP contribution in [0.4, 0.5) is 31.9 Å². The Bertz CT molecular complexity index is 1290. The minimum atomic E-state index is -3.54. The van der Waals surface area contributed by atoms with Crippen LogP contribution in [0, 0.1) is 5.92 Å². The fourth-order valence-corrected chi connectivity index (χ4v) is 6.54. The molecule has 12 heteroatoms. The number of aromatic nitrogens is 2. The van der Waals surface area contributed by atoms with E-state index in [4.69, 9.17) is 4.74 Å². The number of methoxy groups -OCH3 is 1. The van der Waals surface area contributed by atoms with E-state index in [0.717, 1.165) is 63.1 Å². The number of alkyl halides is 2. The van der Waals surface area contributed by atoms with Crippen LogP contribution in [0.2, 0.25) is 0 Å². The fraction of sp³-hybridized carbons (Fsp3) is 0.571. The molecule has 214 valence electrons. The molecule has 40 heavy (non-hydrogen) atoms. The molecule has 10 nitrogen and oxygen atoms in total. The normalized spacial score (nSPS) is 25.9. The first kappa shape index (κ1) is 26.7. The summed E-state index contributed by atoms with van der Waals surface area (Å²) < 4.78 is 35.3. The van der Waals surface area contributed by atoms with Gasteiger partial charge in [-0.05, 0) is 62.9 Å². The van der Waals surface area contributed by atoms with Gasteiger partial charge >= 0.3 is 5.92 Å². The first-order valence-corrected chi connectivity index (χ1v) is 14.0. The monoisotopic (exact) mass is 555 g/mol. The molecule has 5 heterocycles. The van der Waals surface area contributed by atoms with Crippen LogP contribution in [0.1, 0.15) is 48.9 Å². The number of piperidine rings is 3. The van der Waals surface area contributed by atoms with Crippen LogP contribution in [-0.2, 0) is 4.79 Å². The van der Waals surface area contributed by atoms with Gasteiger partial charge in [0, 0.05) is 31.2 Å². The van der Waals surface area contributed by atoms with E-state index in [2.05, 4.69) is 25.5 Å². The highest BCUT2D eigenvalue weighted by atomic mass is 19.3. The Labute approximate surface area is 232 Å². The maximum absolute atomic E-state index is 14.9. The molecule has 2 N–H and O–H groups in total. The van der Waals surface area contributed by atoms with Crippen molar-refractivity contribution in [2.45, 2.75) is 56.5 Å². The van der Waals surface area contributed by atoms with Crippen LogP contribution in [0.5, 0.6) is 5.75 Å². The average Bonchev–Trinajstić information content (AvgIpc) is 3.49. The van der Waals surface area contributed by atoms with Crippen molar-refractivity contribution in [1.82, 2.24) is 20.2 Å². The Morgan fingerprint density at radius 1 is 1.15 bits per heavy atom. The number of halogens is 2. The van der Waals surface area contributed by atoms with Crippen molar-refractivity contribution in [2.75, 3.05) is 55.5 Å². The summed E-state index contributed by atoms with van der Waals surface area (Å²) in [5.74, 6) is -3.55. The van der Waals surface area contributed by atoms with Crippen LogP contribution in [0.25, 0.3) is 0 Å². The highest BCUT2D eigenvalue weighted by Gasteiger charge is 2.48. The molecule has 0 unspecified atom stereocenters. The maximum atomic E-state index is 14.9. The zero-order chi connectivity index (χ0) is 28.0. The first-order chi connectivity index (χ1) is 19.2. The van der Waals surface area contributed by atoms with E-state index < -0.39 is 18.4 Å². The number of rotatable bonds is 6. The standard InChI is InChI=1S/C28H35F2N7O3/c1-35-22-14-31-27(34-24(22)37(19-5-3-4-6-19)16-28(29,30)26(35)39)33-20-8-7-18(13-23(20)40-2)25(38)32-21-15-36-11-9-17(21)10-12-36/h7-8,13-14,17,19,21H,3-6,9-12,15-16H2,1-2H3,(H,32,38)(H,31,33,34)/t21-/m0/s1. The van der Waals surface area contributed by atoms with Crippen molar-refractivity contribution < 1.29 is 23.1 Å². The highest BCUT2D eigenvalue weighted by Crippen LogP contribution is 2.40. The van der Waals surface area contributed by atoms with Gasteiger partial charge in [-0.1, -0.05) is 12.8 Å². The predicted molar refractivity (Wildman–Crippen MR) is 147 cm³/mol. The minimum Gasteiger partial charge on any atom is -0.495 e. The van der Waals surface area contributed by atoms with Crippen molar-refractivity contribution in [3.63, 3.8) is 0 Å². The number of hydrogen-bond donors (Lipinski definition) is 2. The third-order valence-electron chi connectivity index (χ3n) is 8.82. The molecule has 3 saturated heterocycles. The van der Waals surface area contributed by atoms with Crippen molar-refractivity contribution in [3.8, 4) is 5.75 Å². The molecule has 0 spiro atoms. The number of carbonyl (C=O) groups is 2. The lowest BCUT2D eigenvalue weighted by Crippen LogP contribution is -2.57. The third kappa shape index (κ3) is 4.93. The smallest absolute Gasteiger partial charge is 0.342 e. The summed E-state index contributed by atoms with van der Waals surface area (Å²) in [5, 5.41) is 6.31. The quantitative estimate of drug-likeness (QED) is 0.559. The van der Waals surface area contributed by atoms with E-state index in [0.29, 0.717) is 28.7 Å². The zero-order valence-corrected chi connectivity index (χ0v) is 22.8. The Morgan fingerprint density at radius 2 is 1.90 bits per heavy atom. The second kappa shape index (κ2) is 10.5. The fourth-order valence-electron chi connectivity index (χ4n) is 6.54. The molecule has 4 aliphatic heterocycles. The maximum Gasteiger partial charge on any atom is 0.342 e. The molecule has 1 aliphatic carbocycles. The molecule has 4 fully saturated rings. The number of carbonyl (C=O) groups excluding carboxylic acids is 2. The Balaban J connectivity index is 1.24. The first-order valence-electron chi connectivity index (χ1n) is 14.0. The Hall–Kier alpha value is -3.54. The predicted octanol–water partition coefficient (Wildman–Crippen LogP) is 3.41. The molecule has 2 amide bonds. The van der Waals surface area contributed by atoms with E-state index in [1.54, 1.807) is 23.1 Å². The number of fused-ring (bicyclic) bond motifs is 4. The molecule has 5 aliphatic rings. The largest absolute Gasteiger partial charge is 0.495 e. The lowest BCUT2D eigenvalue weighted by Gasteiger charge is -2.44. The van der Waals surface area contributed by atoms with Gasteiger partial charge in [-0.2, -0.15) is 13.8 Å². The van der Waals surface area contributed by atoms with Crippen LogP contribution in [0.3, 0.4) is 0 Å².